The van der Waals surface area contributed by atoms with Crippen molar-refractivity contribution >= 4 is 18.2 Å². The predicted molar refractivity (Wildman–Crippen MR) is 39.9 cm³/mol. The van der Waals surface area contributed by atoms with E-state index in [1.165, 1.54) is 12.3 Å². The fourth-order valence-corrected chi connectivity index (χ4v) is 0.218. The normalized spacial score (nSPS) is 8.56. The molecule has 0 amide bonds. The highest BCUT2D eigenvalue weighted by Crippen LogP contribution is 1.73. The second-order valence-electron chi connectivity index (χ2n) is 1.21. The Bertz CT molecular complexity index is 103. The van der Waals surface area contributed by atoms with Gasteiger partial charge in [0, 0.05) is 6.08 Å². The van der Waals surface area contributed by atoms with Crippen LogP contribution in [-0.2, 0) is 4.74 Å². The van der Waals surface area contributed by atoms with Crippen LogP contribution in [0.1, 0.15) is 6.92 Å². The van der Waals surface area contributed by atoms with Crippen molar-refractivity contribution in [1.29, 1.82) is 5.41 Å². The maximum absolute atomic E-state index is 6.68. The van der Waals surface area contributed by atoms with E-state index in [2.05, 4.69) is 0 Å². The summed E-state index contributed by atoms with van der Waals surface area (Å²) in [6, 6.07) is 0. The molecule has 0 spiro atoms. The van der Waals surface area contributed by atoms with Crippen LogP contribution in [0.15, 0.2) is 12.3 Å². The molecule has 0 saturated carbocycles. The number of nitrogens with one attached hydrogen (secondary N) is 1. The standard InChI is InChI=1S/C5H10N2O.ClH/c1-2-8-4-3-5(6)7;/h3-4H,2H2,1H3,(H3,6,7);1H/b4-3+;. The van der Waals surface area contributed by atoms with Crippen LogP contribution in [0.3, 0.4) is 0 Å². The highest BCUT2D eigenvalue weighted by atomic mass is 35.5. The zero-order chi connectivity index (χ0) is 6.41. The van der Waals surface area contributed by atoms with Gasteiger partial charge in [-0.2, -0.15) is 0 Å². The summed E-state index contributed by atoms with van der Waals surface area (Å²) in [5.74, 6) is 0.0125. The molecular weight excluding hydrogens is 140 g/mol. The van der Waals surface area contributed by atoms with E-state index >= 15 is 0 Å². The first-order chi connectivity index (χ1) is 3.77. The highest BCUT2D eigenvalue weighted by molar-refractivity contribution is 5.88. The van der Waals surface area contributed by atoms with Gasteiger partial charge in [-0.25, -0.2) is 0 Å². The first-order valence-corrected chi connectivity index (χ1v) is 2.39. The van der Waals surface area contributed by atoms with Gasteiger partial charge in [-0.15, -0.1) is 12.4 Å². The van der Waals surface area contributed by atoms with E-state index in [0.717, 1.165) is 0 Å². The smallest absolute Gasteiger partial charge is 0.118 e. The third-order valence-corrected chi connectivity index (χ3v) is 0.510. The Kier molecular flexibility index (Phi) is 9.04. The molecule has 0 rings (SSSR count). The molecule has 0 fully saturated rings. The molecule has 0 radical (unpaired) electrons. The Hall–Kier alpha value is -0.700. The summed E-state index contributed by atoms with van der Waals surface area (Å²) in [5.41, 5.74) is 4.95. The van der Waals surface area contributed by atoms with Crippen LogP contribution < -0.4 is 5.73 Å². The van der Waals surface area contributed by atoms with Gasteiger partial charge in [0.1, 0.15) is 5.84 Å². The maximum atomic E-state index is 6.68. The molecule has 0 bridgehead atoms. The van der Waals surface area contributed by atoms with E-state index in [1.54, 1.807) is 0 Å². The van der Waals surface area contributed by atoms with Crippen LogP contribution >= 0.6 is 12.4 Å². The molecule has 3 nitrogen and oxygen atoms in total. The summed E-state index contributed by atoms with van der Waals surface area (Å²) >= 11 is 0. The number of ether oxygens (including phenoxy) is 1. The summed E-state index contributed by atoms with van der Waals surface area (Å²) in [5, 5.41) is 6.68. The van der Waals surface area contributed by atoms with Gasteiger partial charge in [-0.05, 0) is 6.92 Å². The predicted octanol–water partition coefficient (Wildman–Crippen LogP) is 0.894. The Morgan fingerprint density at radius 3 is 2.67 bits per heavy atom. The molecule has 0 atom stereocenters. The summed E-state index contributed by atoms with van der Waals surface area (Å²) in [7, 11) is 0. The van der Waals surface area contributed by atoms with Crippen LogP contribution in [-0.4, -0.2) is 12.4 Å². The molecule has 9 heavy (non-hydrogen) atoms. The molecule has 54 valence electrons. The lowest BCUT2D eigenvalue weighted by molar-refractivity contribution is 0.269. The van der Waals surface area contributed by atoms with Crippen LogP contribution in [0, 0.1) is 5.41 Å². The molecule has 0 unspecified atom stereocenters. The van der Waals surface area contributed by atoms with Crippen molar-refractivity contribution in [2.75, 3.05) is 6.61 Å². The SMILES string of the molecule is CCO/C=C/C(=N)N.Cl. The molecule has 0 saturated heterocycles. The van der Waals surface area contributed by atoms with Crippen LogP contribution in [0.5, 0.6) is 0 Å². The molecule has 0 aliphatic carbocycles. The highest BCUT2D eigenvalue weighted by Gasteiger charge is 1.73. The number of amidine groups is 1. The summed E-state index contributed by atoms with van der Waals surface area (Å²) in [6.45, 7) is 2.48. The van der Waals surface area contributed by atoms with Gasteiger partial charge in [-0.1, -0.05) is 0 Å². The Balaban J connectivity index is 0. The zero-order valence-electron chi connectivity index (χ0n) is 5.26. The van der Waals surface area contributed by atoms with Crippen molar-refractivity contribution in [2.24, 2.45) is 5.73 Å². The van der Waals surface area contributed by atoms with E-state index < -0.39 is 0 Å². The molecule has 0 aromatic carbocycles. The lowest BCUT2D eigenvalue weighted by atomic mass is 10.6. The lowest BCUT2D eigenvalue weighted by Crippen LogP contribution is -2.04. The minimum atomic E-state index is 0. The Labute approximate surface area is 60.8 Å². The van der Waals surface area contributed by atoms with Gasteiger partial charge in [-0.3, -0.25) is 5.41 Å². The summed E-state index contributed by atoms with van der Waals surface area (Å²) < 4.78 is 4.74. The maximum Gasteiger partial charge on any atom is 0.118 e. The summed E-state index contributed by atoms with van der Waals surface area (Å²) in [6.07, 6.45) is 2.80. The third-order valence-electron chi connectivity index (χ3n) is 0.510. The fraction of sp³-hybridized carbons (Fsp3) is 0.400. The van der Waals surface area contributed by atoms with Crippen LogP contribution in [0.2, 0.25) is 0 Å². The van der Waals surface area contributed by atoms with Crippen molar-refractivity contribution in [3.05, 3.63) is 12.3 Å². The van der Waals surface area contributed by atoms with Crippen molar-refractivity contribution < 1.29 is 4.74 Å². The van der Waals surface area contributed by atoms with Gasteiger partial charge in [0.15, 0.2) is 0 Å². The summed E-state index contributed by atoms with van der Waals surface area (Å²) in [4.78, 5) is 0. The fourth-order valence-electron chi connectivity index (χ4n) is 0.218. The number of halogens is 1. The Morgan fingerprint density at radius 1 is 1.78 bits per heavy atom. The van der Waals surface area contributed by atoms with Crippen molar-refractivity contribution in [3.8, 4) is 0 Å². The van der Waals surface area contributed by atoms with Gasteiger partial charge in [0.05, 0.1) is 12.9 Å². The van der Waals surface area contributed by atoms with Crippen molar-refractivity contribution in [3.63, 3.8) is 0 Å². The molecule has 3 N–H and O–H groups in total. The lowest BCUT2D eigenvalue weighted by Gasteiger charge is -1.89. The molecule has 0 heterocycles. The van der Waals surface area contributed by atoms with E-state index in [9.17, 15) is 0 Å². The van der Waals surface area contributed by atoms with Crippen molar-refractivity contribution in [2.45, 2.75) is 6.92 Å². The van der Waals surface area contributed by atoms with Crippen LogP contribution in [0.4, 0.5) is 0 Å². The first kappa shape index (κ1) is 11.1. The largest absolute Gasteiger partial charge is 0.501 e. The minimum absolute atomic E-state index is 0. The van der Waals surface area contributed by atoms with Gasteiger partial charge in [0.2, 0.25) is 0 Å². The minimum Gasteiger partial charge on any atom is -0.501 e. The Morgan fingerprint density at radius 2 is 2.33 bits per heavy atom. The molecule has 0 aliphatic rings. The third kappa shape index (κ3) is 11.1. The zero-order valence-corrected chi connectivity index (χ0v) is 6.07. The number of nitrogens with two attached hydrogens (primary N) is 1. The van der Waals surface area contributed by atoms with E-state index in [4.69, 9.17) is 15.9 Å². The molecule has 0 aromatic heterocycles. The molecule has 0 aliphatic heterocycles. The molecule has 4 heteroatoms. The number of hydrogen-bond donors (Lipinski definition) is 2. The second kappa shape index (κ2) is 7.30. The van der Waals surface area contributed by atoms with Gasteiger partial charge in [0.25, 0.3) is 0 Å². The van der Waals surface area contributed by atoms with Gasteiger partial charge >= 0.3 is 0 Å². The monoisotopic (exact) mass is 150 g/mol. The first-order valence-electron chi connectivity index (χ1n) is 2.39. The molecule has 0 aromatic rings. The topological polar surface area (TPSA) is 59.1 Å². The van der Waals surface area contributed by atoms with E-state index in [-0.39, 0.29) is 18.2 Å². The van der Waals surface area contributed by atoms with E-state index in [0.29, 0.717) is 6.61 Å². The number of rotatable bonds is 3. The quantitative estimate of drug-likeness (QED) is 0.357. The number of hydrogen-bond acceptors (Lipinski definition) is 2. The van der Waals surface area contributed by atoms with Crippen LogP contribution in [0.25, 0.3) is 0 Å². The van der Waals surface area contributed by atoms with Gasteiger partial charge < -0.3 is 10.5 Å². The molecular formula is C5H11ClN2O. The average Bonchev–Trinajstić information content (AvgIpc) is 1.66. The second-order valence-corrected chi connectivity index (χ2v) is 1.21. The average molecular weight is 151 g/mol. The van der Waals surface area contributed by atoms with Crippen molar-refractivity contribution in [1.82, 2.24) is 0 Å². The van der Waals surface area contributed by atoms with E-state index in [1.807, 2.05) is 6.92 Å².